The van der Waals surface area contributed by atoms with E-state index in [4.69, 9.17) is 4.18 Å². The summed E-state index contributed by atoms with van der Waals surface area (Å²) < 4.78 is 28.3. The van der Waals surface area contributed by atoms with Gasteiger partial charge in [0, 0.05) is 4.90 Å². The molecule has 1 aromatic carbocycles. The Morgan fingerprint density at radius 1 is 1.38 bits per heavy atom. The lowest BCUT2D eigenvalue weighted by molar-refractivity contribution is 0.318. The third-order valence-electron chi connectivity index (χ3n) is 2.11. The van der Waals surface area contributed by atoms with Crippen molar-refractivity contribution in [2.45, 2.75) is 30.1 Å². The molecule has 0 bridgehead atoms. The van der Waals surface area contributed by atoms with Crippen LogP contribution in [-0.4, -0.2) is 21.3 Å². The van der Waals surface area contributed by atoms with Crippen LogP contribution in [0.1, 0.15) is 18.9 Å². The fraction of sp³-hybridized carbons (Fsp3) is 0.455. The molecule has 0 N–H and O–H groups in total. The highest BCUT2D eigenvalue weighted by atomic mass is 32.2. The molecule has 0 aliphatic carbocycles. The number of hydrogen-bond donors (Lipinski definition) is 0. The zero-order valence-electron chi connectivity index (χ0n) is 9.69. The zero-order valence-corrected chi connectivity index (χ0v) is 11.3. The number of benzene rings is 1. The number of hydrogen-bond acceptors (Lipinski definition) is 4. The maximum atomic E-state index is 11.7. The van der Waals surface area contributed by atoms with Gasteiger partial charge in [-0.1, -0.05) is 13.0 Å². The van der Waals surface area contributed by atoms with Crippen LogP contribution in [0.5, 0.6) is 0 Å². The van der Waals surface area contributed by atoms with Crippen LogP contribution in [0, 0.1) is 6.92 Å². The van der Waals surface area contributed by atoms with Gasteiger partial charge >= 0.3 is 0 Å². The van der Waals surface area contributed by atoms with Gasteiger partial charge in [0.25, 0.3) is 10.1 Å². The van der Waals surface area contributed by atoms with E-state index in [2.05, 4.69) is 0 Å². The first kappa shape index (κ1) is 13.5. The molecule has 1 rings (SSSR count). The summed E-state index contributed by atoms with van der Waals surface area (Å²) in [5, 5.41) is 0. The summed E-state index contributed by atoms with van der Waals surface area (Å²) in [4.78, 5) is 1.19. The van der Waals surface area contributed by atoms with Crippen molar-refractivity contribution in [1.82, 2.24) is 0 Å². The van der Waals surface area contributed by atoms with Gasteiger partial charge in [-0.15, -0.1) is 11.8 Å². The zero-order chi connectivity index (χ0) is 12.2. The molecule has 0 heterocycles. The predicted octanol–water partition coefficient (Wildman–Crippen LogP) is 2.83. The monoisotopic (exact) mass is 260 g/mol. The SMILES string of the molecule is CCCOS(=O)(=O)c1ccc(C)c(SC)c1. The van der Waals surface area contributed by atoms with Gasteiger partial charge in [-0.05, 0) is 37.3 Å². The van der Waals surface area contributed by atoms with Gasteiger partial charge in [0.2, 0.25) is 0 Å². The maximum Gasteiger partial charge on any atom is 0.297 e. The lowest BCUT2D eigenvalue weighted by atomic mass is 10.2. The molecule has 0 aliphatic rings. The number of rotatable bonds is 5. The summed E-state index contributed by atoms with van der Waals surface area (Å²) in [6, 6.07) is 5.04. The molecule has 16 heavy (non-hydrogen) atoms. The first-order chi connectivity index (χ1) is 7.51. The van der Waals surface area contributed by atoms with Crippen LogP contribution in [0.3, 0.4) is 0 Å². The molecule has 0 atom stereocenters. The van der Waals surface area contributed by atoms with Gasteiger partial charge in [-0.2, -0.15) is 8.42 Å². The van der Waals surface area contributed by atoms with Crippen molar-refractivity contribution in [2.75, 3.05) is 12.9 Å². The van der Waals surface area contributed by atoms with Crippen LogP contribution >= 0.6 is 11.8 Å². The van der Waals surface area contributed by atoms with E-state index in [1.165, 1.54) is 11.8 Å². The molecule has 0 aromatic heterocycles. The Morgan fingerprint density at radius 3 is 2.62 bits per heavy atom. The molecule has 90 valence electrons. The van der Waals surface area contributed by atoms with Crippen LogP contribution < -0.4 is 0 Å². The van der Waals surface area contributed by atoms with Crippen LogP contribution in [0.25, 0.3) is 0 Å². The molecule has 0 spiro atoms. The van der Waals surface area contributed by atoms with Crippen molar-refractivity contribution < 1.29 is 12.6 Å². The third kappa shape index (κ3) is 3.23. The van der Waals surface area contributed by atoms with E-state index >= 15 is 0 Å². The van der Waals surface area contributed by atoms with E-state index < -0.39 is 10.1 Å². The highest BCUT2D eigenvalue weighted by Crippen LogP contribution is 2.24. The Balaban J connectivity index is 3.04. The minimum Gasteiger partial charge on any atom is -0.266 e. The fourth-order valence-corrected chi connectivity index (χ4v) is 2.95. The minimum absolute atomic E-state index is 0.227. The molecule has 0 radical (unpaired) electrons. The van der Waals surface area contributed by atoms with Crippen LogP contribution in [0.4, 0.5) is 0 Å². The van der Waals surface area contributed by atoms with Crippen molar-refractivity contribution >= 4 is 21.9 Å². The van der Waals surface area contributed by atoms with Crippen molar-refractivity contribution in [3.8, 4) is 0 Å². The highest BCUT2D eigenvalue weighted by Gasteiger charge is 2.15. The van der Waals surface area contributed by atoms with Gasteiger partial charge in [0.05, 0.1) is 11.5 Å². The Morgan fingerprint density at radius 2 is 2.06 bits per heavy atom. The van der Waals surface area contributed by atoms with E-state index in [1.54, 1.807) is 18.2 Å². The highest BCUT2D eigenvalue weighted by molar-refractivity contribution is 7.98. The first-order valence-electron chi connectivity index (χ1n) is 5.05. The lowest BCUT2D eigenvalue weighted by Crippen LogP contribution is -2.07. The van der Waals surface area contributed by atoms with Gasteiger partial charge in [0.15, 0.2) is 0 Å². The Labute approximate surface area is 101 Å². The van der Waals surface area contributed by atoms with E-state index in [0.717, 1.165) is 10.5 Å². The molecule has 5 heteroatoms. The normalized spacial score (nSPS) is 11.7. The Kier molecular flexibility index (Phi) is 4.83. The summed E-state index contributed by atoms with van der Waals surface area (Å²) in [5.74, 6) is 0. The molecule has 0 fully saturated rings. The fourth-order valence-electron chi connectivity index (χ4n) is 1.22. The van der Waals surface area contributed by atoms with Gasteiger partial charge in [0.1, 0.15) is 0 Å². The second kappa shape index (κ2) is 5.70. The summed E-state index contributed by atoms with van der Waals surface area (Å²) in [6.45, 7) is 4.05. The van der Waals surface area contributed by atoms with Crippen molar-refractivity contribution in [1.29, 1.82) is 0 Å². The Bertz CT molecular complexity index is 452. The van der Waals surface area contributed by atoms with E-state index in [1.807, 2.05) is 20.1 Å². The van der Waals surface area contributed by atoms with Gasteiger partial charge < -0.3 is 0 Å². The van der Waals surface area contributed by atoms with Crippen LogP contribution in [0.15, 0.2) is 28.0 Å². The van der Waals surface area contributed by atoms with E-state index in [9.17, 15) is 8.42 Å². The standard InChI is InChI=1S/C11H16O3S2/c1-4-7-14-16(12,13)10-6-5-9(2)11(8-10)15-3/h5-6,8H,4,7H2,1-3H3. The summed E-state index contributed by atoms with van der Waals surface area (Å²) in [5.41, 5.74) is 1.07. The van der Waals surface area contributed by atoms with E-state index in [0.29, 0.717) is 6.42 Å². The molecule has 3 nitrogen and oxygen atoms in total. The summed E-state index contributed by atoms with van der Waals surface area (Å²) in [6.07, 6.45) is 2.60. The van der Waals surface area contributed by atoms with Gasteiger partial charge in [-0.3, -0.25) is 4.18 Å². The summed E-state index contributed by atoms with van der Waals surface area (Å²) in [7, 11) is -3.59. The molecule has 0 saturated carbocycles. The molecular weight excluding hydrogens is 244 g/mol. The first-order valence-corrected chi connectivity index (χ1v) is 7.68. The van der Waals surface area contributed by atoms with Crippen molar-refractivity contribution in [3.05, 3.63) is 23.8 Å². The minimum atomic E-state index is -3.59. The quantitative estimate of drug-likeness (QED) is 0.603. The second-order valence-corrected chi connectivity index (χ2v) is 5.87. The maximum absolute atomic E-state index is 11.7. The second-order valence-electron chi connectivity index (χ2n) is 3.41. The largest absolute Gasteiger partial charge is 0.297 e. The van der Waals surface area contributed by atoms with Crippen molar-refractivity contribution in [2.24, 2.45) is 0 Å². The average Bonchev–Trinajstić information content (AvgIpc) is 2.27. The van der Waals surface area contributed by atoms with Gasteiger partial charge in [-0.25, -0.2) is 0 Å². The molecule has 0 unspecified atom stereocenters. The molecule has 0 saturated heterocycles. The Hall–Kier alpha value is -0.520. The molecule has 1 aromatic rings. The third-order valence-corrected chi connectivity index (χ3v) is 4.30. The average molecular weight is 260 g/mol. The van der Waals surface area contributed by atoms with Crippen LogP contribution in [0.2, 0.25) is 0 Å². The predicted molar refractivity (Wildman–Crippen MR) is 66.4 cm³/mol. The lowest BCUT2D eigenvalue weighted by Gasteiger charge is -2.07. The topological polar surface area (TPSA) is 43.4 Å². The van der Waals surface area contributed by atoms with Crippen LogP contribution in [-0.2, 0) is 14.3 Å². The molecule has 0 amide bonds. The molecule has 0 aliphatic heterocycles. The number of thioether (sulfide) groups is 1. The van der Waals surface area contributed by atoms with E-state index in [-0.39, 0.29) is 11.5 Å². The van der Waals surface area contributed by atoms with Crippen molar-refractivity contribution in [3.63, 3.8) is 0 Å². The smallest absolute Gasteiger partial charge is 0.266 e. The summed E-state index contributed by atoms with van der Waals surface area (Å²) >= 11 is 1.53. The number of aryl methyl sites for hydroxylation is 1. The molecular formula is C11H16O3S2.